The molecule has 2 rings (SSSR count). The molecule has 1 aliphatic rings. The molecule has 0 aliphatic heterocycles. The van der Waals surface area contributed by atoms with Crippen LogP contribution in [0.15, 0.2) is 24.3 Å². The molecule has 0 amide bonds. The predicted octanol–water partition coefficient (Wildman–Crippen LogP) is 3.17. The van der Waals surface area contributed by atoms with E-state index in [-0.39, 0.29) is 11.5 Å². The van der Waals surface area contributed by atoms with Gasteiger partial charge in [0.15, 0.2) is 0 Å². The van der Waals surface area contributed by atoms with E-state index >= 15 is 0 Å². The topological polar surface area (TPSA) is 47.3 Å². The van der Waals surface area contributed by atoms with Crippen LogP contribution < -0.4 is 16.0 Å². The molecule has 100 valence electrons. The Hall–Kier alpha value is -1.06. The third-order valence-corrected chi connectivity index (χ3v) is 3.88. The summed E-state index contributed by atoms with van der Waals surface area (Å²) in [5.74, 6) is 6.70. The van der Waals surface area contributed by atoms with Crippen molar-refractivity contribution in [2.24, 2.45) is 11.3 Å². The Morgan fingerprint density at radius 3 is 2.72 bits per heavy atom. The average molecular weight is 248 g/mol. The van der Waals surface area contributed by atoms with Crippen LogP contribution in [0.2, 0.25) is 0 Å². The summed E-state index contributed by atoms with van der Waals surface area (Å²) in [4.78, 5) is 0. The minimum absolute atomic E-state index is 0.118. The Kier molecular flexibility index (Phi) is 3.93. The van der Waals surface area contributed by atoms with Crippen LogP contribution in [0.5, 0.6) is 5.75 Å². The maximum atomic E-state index is 5.84. The molecule has 18 heavy (non-hydrogen) atoms. The van der Waals surface area contributed by atoms with Crippen LogP contribution in [0.1, 0.15) is 51.6 Å². The molecular weight excluding hydrogens is 224 g/mol. The zero-order chi connectivity index (χ0) is 13.2. The second-order valence-corrected chi connectivity index (χ2v) is 5.83. The number of nitrogens with two attached hydrogens (primary N) is 1. The quantitative estimate of drug-likeness (QED) is 0.600. The Morgan fingerprint density at radius 2 is 2.17 bits per heavy atom. The lowest BCUT2D eigenvalue weighted by molar-refractivity contribution is 0.235. The molecule has 1 aromatic carbocycles. The fourth-order valence-electron chi connectivity index (χ4n) is 2.12. The average Bonchev–Trinajstić information content (AvgIpc) is 3.14. The van der Waals surface area contributed by atoms with Crippen LogP contribution >= 0.6 is 0 Å². The van der Waals surface area contributed by atoms with Gasteiger partial charge in [-0.3, -0.25) is 11.3 Å². The summed E-state index contributed by atoms with van der Waals surface area (Å²) < 4.78 is 5.84. The van der Waals surface area contributed by atoms with E-state index in [0.717, 1.165) is 12.2 Å². The number of benzene rings is 1. The van der Waals surface area contributed by atoms with Crippen LogP contribution in [-0.2, 0) is 0 Å². The summed E-state index contributed by atoms with van der Waals surface area (Å²) in [6, 6.07) is 8.43. The first-order valence-electron chi connectivity index (χ1n) is 6.79. The van der Waals surface area contributed by atoms with Gasteiger partial charge in [0.1, 0.15) is 5.75 Å². The number of ether oxygens (including phenoxy) is 1. The van der Waals surface area contributed by atoms with Crippen molar-refractivity contribution in [2.45, 2.75) is 52.2 Å². The molecule has 0 saturated heterocycles. The molecule has 0 aromatic heterocycles. The van der Waals surface area contributed by atoms with Crippen molar-refractivity contribution in [1.29, 1.82) is 0 Å². The van der Waals surface area contributed by atoms with E-state index in [1.807, 2.05) is 12.1 Å². The highest BCUT2D eigenvalue weighted by Gasteiger charge is 2.29. The van der Waals surface area contributed by atoms with Crippen LogP contribution in [0.25, 0.3) is 0 Å². The van der Waals surface area contributed by atoms with Crippen molar-refractivity contribution >= 4 is 0 Å². The van der Waals surface area contributed by atoms with Gasteiger partial charge in [0.25, 0.3) is 0 Å². The molecule has 1 atom stereocenters. The number of nitrogens with one attached hydrogen (secondary N) is 1. The molecule has 0 bridgehead atoms. The van der Waals surface area contributed by atoms with Crippen molar-refractivity contribution in [3.8, 4) is 5.75 Å². The number of hydrazine groups is 1. The molecule has 1 unspecified atom stereocenters. The van der Waals surface area contributed by atoms with E-state index in [4.69, 9.17) is 10.6 Å². The molecular formula is C15H24N2O. The highest BCUT2D eigenvalue weighted by Crippen LogP contribution is 2.37. The molecule has 3 heteroatoms. The third-order valence-electron chi connectivity index (χ3n) is 3.88. The van der Waals surface area contributed by atoms with Crippen LogP contribution in [-0.4, -0.2) is 6.10 Å². The first kappa shape index (κ1) is 13.4. The van der Waals surface area contributed by atoms with Crippen molar-refractivity contribution in [1.82, 2.24) is 5.43 Å². The third kappa shape index (κ3) is 3.03. The first-order chi connectivity index (χ1) is 8.56. The van der Waals surface area contributed by atoms with Gasteiger partial charge in [0.05, 0.1) is 12.1 Å². The van der Waals surface area contributed by atoms with Crippen molar-refractivity contribution < 1.29 is 4.74 Å². The summed E-state index contributed by atoms with van der Waals surface area (Å²) in [6.07, 6.45) is 3.87. The molecule has 1 saturated carbocycles. The van der Waals surface area contributed by atoms with E-state index in [1.54, 1.807) is 0 Å². The Morgan fingerprint density at radius 1 is 1.44 bits per heavy atom. The van der Waals surface area contributed by atoms with Gasteiger partial charge in [0.2, 0.25) is 0 Å². The molecule has 1 fully saturated rings. The lowest BCUT2D eigenvalue weighted by atomic mass is 9.78. The number of hydrogen-bond donors (Lipinski definition) is 2. The van der Waals surface area contributed by atoms with E-state index in [2.05, 4.69) is 38.3 Å². The van der Waals surface area contributed by atoms with Gasteiger partial charge < -0.3 is 4.74 Å². The summed E-state index contributed by atoms with van der Waals surface area (Å²) in [6.45, 7) is 6.65. The lowest BCUT2D eigenvalue weighted by Crippen LogP contribution is -2.38. The maximum absolute atomic E-state index is 5.84. The van der Waals surface area contributed by atoms with Crippen LogP contribution in [0.4, 0.5) is 0 Å². The monoisotopic (exact) mass is 248 g/mol. The lowest BCUT2D eigenvalue weighted by Gasteiger charge is -2.33. The van der Waals surface area contributed by atoms with E-state index in [9.17, 15) is 0 Å². The molecule has 1 aliphatic carbocycles. The highest BCUT2D eigenvalue weighted by atomic mass is 16.5. The molecule has 3 N–H and O–H groups in total. The van der Waals surface area contributed by atoms with Crippen LogP contribution in [0, 0.1) is 5.41 Å². The Labute approximate surface area is 110 Å². The first-order valence-corrected chi connectivity index (χ1v) is 6.79. The Bertz CT molecular complexity index is 399. The van der Waals surface area contributed by atoms with Crippen molar-refractivity contribution in [3.63, 3.8) is 0 Å². The summed E-state index contributed by atoms with van der Waals surface area (Å²) in [5, 5.41) is 0. The Balaban J connectivity index is 2.19. The zero-order valence-corrected chi connectivity index (χ0v) is 11.6. The molecule has 0 spiro atoms. The predicted molar refractivity (Wildman–Crippen MR) is 74.2 cm³/mol. The van der Waals surface area contributed by atoms with Gasteiger partial charge in [-0.15, -0.1) is 0 Å². The number of rotatable bonds is 6. The van der Waals surface area contributed by atoms with Crippen LogP contribution in [0.3, 0.4) is 0 Å². The van der Waals surface area contributed by atoms with Gasteiger partial charge >= 0.3 is 0 Å². The molecule has 0 heterocycles. The second kappa shape index (κ2) is 5.29. The maximum Gasteiger partial charge on any atom is 0.120 e. The van der Waals surface area contributed by atoms with E-state index in [0.29, 0.717) is 6.10 Å². The summed E-state index contributed by atoms with van der Waals surface area (Å²) in [5.41, 5.74) is 4.26. The van der Waals surface area contributed by atoms with Gasteiger partial charge in [-0.05, 0) is 42.4 Å². The zero-order valence-electron chi connectivity index (χ0n) is 11.6. The van der Waals surface area contributed by atoms with E-state index < -0.39 is 0 Å². The second-order valence-electron chi connectivity index (χ2n) is 5.83. The minimum atomic E-state index is 0.118. The number of hydrogen-bond acceptors (Lipinski definition) is 3. The normalized spacial score (nSPS) is 17.6. The fourth-order valence-corrected chi connectivity index (χ4v) is 2.12. The molecule has 0 radical (unpaired) electrons. The van der Waals surface area contributed by atoms with Gasteiger partial charge in [0, 0.05) is 0 Å². The fraction of sp³-hybridized carbons (Fsp3) is 0.600. The van der Waals surface area contributed by atoms with Crippen molar-refractivity contribution in [2.75, 3.05) is 0 Å². The van der Waals surface area contributed by atoms with E-state index in [1.165, 1.54) is 18.4 Å². The minimum Gasteiger partial charge on any atom is -0.490 e. The summed E-state index contributed by atoms with van der Waals surface area (Å²) >= 11 is 0. The standard InChI is InChI=1S/C15H24N2O/c1-4-15(2,3)14(17-16)11-6-5-7-13(10-11)18-12-8-9-12/h5-7,10,12,14,17H,4,8-9,16H2,1-3H3. The van der Waals surface area contributed by atoms with Crippen molar-refractivity contribution in [3.05, 3.63) is 29.8 Å². The smallest absolute Gasteiger partial charge is 0.120 e. The van der Waals surface area contributed by atoms with Gasteiger partial charge in [-0.1, -0.05) is 32.9 Å². The SMILES string of the molecule is CCC(C)(C)C(NN)c1cccc(OC2CC2)c1. The molecule has 3 nitrogen and oxygen atoms in total. The van der Waals surface area contributed by atoms with Gasteiger partial charge in [-0.25, -0.2) is 0 Å². The summed E-state index contributed by atoms with van der Waals surface area (Å²) in [7, 11) is 0. The largest absolute Gasteiger partial charge is 0.490 e. The highest BCUT2D eigenvalue weighted by molar-refractivity contribution is 5.32. The molecule has 1 aromatic rings. The van der Waals surface area contributed by atoms with Gasteiger partial charge in [-0.2, -0.15) is 0 Å².